The predicted octanol–water partition coefficient (Wildman–Crippen LogP) is 19.5. The maximum Gasteiger partial charge on any atom is 0.252 e. The van der Waals surface area contributed by atoms with Crippen molar-refractivity contribution in [3.63, 3.8) is 0 Å². The van der Waals surface area contributed by atoms with Gasteiger partial charge in [0, 0.05) is 67.0 Å². The predicted molar refractivity (Wildman–Crippen MR) is 379 cm³/mol. The Balaban J connectivity index is 0.925. The van der Waals surface area contributed by atoms with Gasteiger partial charge in [0.25, 0.3) is 6.71 Å². The molecule has 0 aliphatic carbocycles. The van der Waals surface area contributed by atoms with Gasteiger partial charge in [0.15, 0.2) is 17.5 Å². The van der Waals surface area contributed by atoms with E-state index in [1.54, 1.807) is 0 Å². The number of hydrogen-bond acceptors (Lipinski definition) is 5. The van der Waals surface area contributed by atoms with Gasteiger partial charge in [-0.05, 0) is 211 Å². The Hall–Kier alpha value is -10.9. The zero-order valence-corrected chi connectivity index (χ0v) is 51.9. The lowest BCUT2D eigenvalue weighted by molar-refractivity contribution is 1.07. The third kappa shape index (κ3) is 8.51. The molecule has 0 atom stereocenters. The van der Waals surface area contributed by atoms with Crippen molar-refractivity contribution in [1.29, 1.82) is 0 Å². The van der Waals surface area contributed by atoms with Crippen molar-refractivity contribution in [2.75, 3.05) is 9.80 Å². The Morgan fingerprint density at radius 2 is 0.678 bits per heavy atom. The van der Waals surface area contributed by atoms with Gasteiger partial charge in [-0.1, -0.05) is 176 Å². The van der Waals surface area contributed by atoms with Crippen molar-refractivity contribution in [2.45, 2.75) is 55.4 Å². The van der Waals surface area contributed by atoms with E-state index in [-0.39, 0.29) is 6.71 Å². The second kappa shape index (κ2) is 21.5. The van der Waals surface area contributed by atoms with Gasteiger partial charge in [-0.2, -0.15) is 0 Å². The third-order valence-corrected chi connectivity index (χ3v) is 19.8. The minimum Gasteiger partial charge on any atom is -0.311 e. The fourth-order valence-electron chi connectivity index (χ4n) is 14.7. The van der Waals surface area contributed by atoms with Crippen molar-refractivity contribution in [2.24, 2.45) is 0 Å². The van der Waals surface area contributed by atoms with Crippen LogP contribution in [0.5, 0.6) is 0 Å². The number of aromatic nitrogens is 4. The molecule has 0 N–H and O–H groups in total. The normalized spacial score (nSPS) is 12.4. The largest absolute Gasteiger partial charge is 0.311 e. The van der Waals surface area contributed by atoms with Crippen LogP contribution in [0.4, 0.5) is 34.1 Å². The summed E-state index contributed by atoms with van der Waals surface area (Å²) >= 11 is 0. The fraction of sp³-hybridized carbons (Fsp3) is 0.0964. The van der Waals surface area contributed by atoms with E-state index in [1.807, 2.05) is 36.4 Å². The minimum atomic E-state index is -0.00433. The van der Waals surface area contributed by atoms with Crippen molar-refractivity contribution in [3.05, 3.63) is 293 Å². The van der Waals surface area contributed by atoms with Crippen LogP contribution < -0.4 is 26.2 Å². The average Bonchev–Trinajstić information content (AvgIpc) is 1.06. The molecule has 0 amide bonds. The third-order valence-electron chi connectivity index (χ3n) is 19.8. The van der Waals surface area contributed by atoms with E-state index >= 15 is 0 Å². The number of rotatable bonds is 9. The van der Waals surface area contributed by atoms with E-state index in [9.17, 15) is 0 Å². The first-order valence-corrected chi connectivity index (χ1v) is 31.3. The maximum absolute atomic E-state index is 5.31. The van der Waals surface area contributed by atoms with Crippen LogP contribution in [-0.4, -0.2) is 26.2 Å². The van der Waals surface area contributed by atoms with Crippen LogP contribution in [0.25, 0.3) is 95.0 Å². The average molecular weight is 1160 g/mol. The first-order chi connectivity index (χ1) is 44.0. The van der Waals surface area contributed by atoms with Crippen LogP contribution in [0, 0.1) is 55.4 Å². The lowest BCUT2D eigenvalue weighted by Gasteiger charge is -2.45. The molecule has 2 aromatic heterocycles. The van der Waals surface area contributed by atoms with Crippen LogP contribution in [-0.2, 0) is 0 Å². The Labute approximate surface area is 527 Å². The van der Waals surface area contributed by atoms with E-state index < -0.39 is 0 Å². The first-order valence-electron chi connectivity index (χ1n) is 31.3. The lowest BCUT2D eigenvalue weighted by atomic mass is 9.33. The summed E-state index contributed by atoms with van der Waals surface area (Å²) < 4.78 is 2.60. The SMILES string of the molecule is Cc1c(C)c(C)c2c(c1C)c1c(C)c(C)c(C)c(C)c1n2-c1ccc(-c2nc(-c3ccccc3)nc(-c3ccccc3)n2)cc1-c1cccc(-c2cccc(-c3ccc4c5c3N(c3ccccc3)c3ccccc3B5c3ccccc3N4c3ccccc3)c2)c1. The summed E-state index contributed by atoms with van der Waals surface area (Å²) in [5.74, 6) is 1.86. The second-order valence-corrected chi connectivity index (χ2v) is 24.5. The highest BCUT2D eigenvalue weighted by Gasteiger charge is 2.44. The molecule has 0 bridgehead atoms. The Bertz CT molecular complexity index is 5080. The van der Waals surface area contributed by atoms with Crippen LogP contribution in [0.3, 0.4) is 0 Å². The zero-order valence-electron chi connectivity index (χ0n) is 51.9. The summed E-state index contributed by atoms with van der Waals surface area (Å²) in [4.78, 5) is 20.7. The maximum atomic E-state index is 5.31. The molecular weight excluding hydrogens is 1090 g/mol. The van der Waals surface area contributed by atoms with Gasteiger partial charge < -0.3 is 14.4 Å². The van der Waals surface area contributed by atoms with Crippen molar-refractivity contribution in [3.8, 4) is 73.2 Å². The quantitative estimate of drug-likeness (QED) is 0.135. The zero-order chi connectivity index (χ0) is 61.1. The molecular formula is C83H65BN6. The summed E-state index contributed by atoms with van der Waals surface area (Å²) in [5, 5.41) is 2.65. The standard InChI is InChI=1S/C83H65BN6/c1-50-52(3)56(7)78-75(54(50)5)76-55(6)51(2)53(4)57(8)79(76)90(78)71-45-43-64(83-86-81(58-27-13-9-14-28-58)85-82(87-83)59-29-15-10-16-30-59)49-68(71)63-34-26-32-61(48-63)60-31-25-33-62(47-60)67-44-46-74-77-80(67)89(66-37-19-12-20-38-66)73-42-24-22-40-70(73)84(77)69-39-21-23-41-72(69)88(74)65-35-17-11-18-36-65/h9-49H,1-8H3. The number of para-hydroxylation sites is 4. The number of nitrogens with zero attached hydrogens (tertiary/aromatic N) is 6. The summed E-state index contributed by atoms with van der Waals surface area (Å²) in [7, 11) is 0. The highest BCUT2D eigenvalue weighted by atomic mass is 15.2. The van der Waals surface area contributed by atoms with Gasteiger partial charge in [-0.15, -0.1) is 0 Å². The molecule has 7 heteroatoms. The monoisotopic (exact) mass is 1160 g/mol. The molecule has 0 radical (unpaired) electrons. The number of fused-ring (bicyclic) bond motifs is 7. The number of aryl methyl sites for hydroxylation is 4. The highest BCUT2D eigenvalue weighted by molar-refractivity contribution is 7.00. The van der Waals surface area contributed by atoms with Crippen LogP contribution >= 0.6 is 0 Å². The lowest BCUT2D eigenvalue weighted by Crippen LogP contribution is -2.61. The molecule has 2 aliphatic heterocycles. The second-order valence-electron chi connectivity index (χ2n) is 24.5. The summed E-state index contributed by atoms with van der Waals surface area (Å²) in [6.45, 7) is 18.4. The Morgan fingerprint density at radius 3 is 1.20 bits per heavy atom. The van der Waals surface area contributed by atoms with Gasteiger partial charge in [-0.3, -0.25) is 0 Å². The van der Waals surface area contributed by atoms with E-state index in [0.29, 0.717) is 17.5 Å². The van der Waals surface area contributed by atoms with Crippen LogP contribution in [0.15, 0.2) is 249 Å². The highest BCUT2D eigenvalue weighted by Crippen LogP contribution is 2.50. The smallest absolute Gasteiger partial charge is 0.252 e. The number of anilines is 6. The molecule has 16 rings (SSSR count). The van der Waals surface area contributed by atoms with Gasteiger partial charge >= 0.3 is 0 Å². The molecule has 0 unspecified atom stereocenters. The summed E-state index contributed by atoms with van der Waals surface area (Å²) in [6.07, 6.45) is 0. The topological polar surface area (TPSA) is 50.1 Å². The van der Waals surface area contributed by atoms with E-state index in [2.05, 4.69) is 282 Å². The molecule has 2 aliphatic rings. The first kappa shape index (κ1) is 54.5. The minimum absolute atomic E-state index is 0.00433. The number of benzene rings is 12. The molecule has 6 nitrogen and oxygen atoms in total. The molecule has 0 spiro atoms. The van der Waals surface area contributed by atoms with Gasteiger partial charge in [-0.25, -0.2) is 15.0 Å². The molecule has 0 saturated heterocycles. The van der Waals surface area contributed by atoms with Crippen molar-refractivity contribution < 1.29 is 0 Å². The molecule has 430 valence electrons. The van der Waals surface area contributed by atoms with E-state index in [4.69, 9.17) is 15.0 Å². The molecule has 0 fully saturated rings. The van der Waals surface area contributed by atoms with Crippen LogP contribution in [0.1, 0.15) is 44.5 Å². The Morgan fingerprint density at radius 1 is 0.278 bits per heavy atom. The fourth-order valence-corrected chi connectivity index (χ4v) is 14.7. The van der Waals surface area contributed by atoms with Crippen molar-refractivity contribution in [1.82, 2.24) is 19.5 Å². The summed E-state index contributed by atoms with van der Waals surface area (Å²) in [5.41, 5.74) is 34.5. The Kier molecular flexibility index (Phi) is 13.0. The van der Waals surface area contributed by atoms with Gasteiger partial charge in [0.1, 0.15) is 0 Å². The van der Waals surface area contributed by atoms with E-state index in [0.717, 1.165) is 61.6 Å². The molecule has 0 saturated carbocycles. The number of hydrogen-bond donors (Lipinski definition) is 0. The van der Waals surface area contributed by atoms with Crippen LogP contribution in [0.2, 0.25) is 0 Å². The van der Waals surface area contributed by atoms with E-state index in [1.165, 1.54) is 111 Å². The van der Waals surface area contributed by atoms with Crippen molar-refractivity contribution >= 4 is 79.0 Å². The van der Waals surface area contributed by atoms with Gasteiger partial charge in [0.2, 0.25) is 0 Å². The molecule has 14 aromatic rings. The summed E-state index contributed by atoms with van der Waals surface area (Å²) in [6, 6.07) is 90.3. The molecule has 4 heterocycles. The molecule has 90 heavy (non-hydrogen) atoms. The molecule has 12 aromatic carbocycles. The van der Waals surface area contributed by atoms with Gasteiger partial charge in [0.05, 0.1) is 22.4 Å².